The predicted molar refractivity (Wildman–Crippen MR) is 89.4 cm³/mol. The third kappa shape index (κ3) is 4.37. The van der Waals surface area contributed by atoms with Gasteiger partial charge in [-0.25, -0.2) is 5.43 Å². The summed E-state index contributed by atoms with van der Waals surface area (Å²) in [5, 5.41) is 14.4. The van der Waals surface area contributed by atoms with E-state index in [9.17, 15) is 9.90 Å². The SMILES string of the molecule is C/C(=N\NC(=O)c1ccncc1)c1cccc(CN(C)C)c1O. The highest BCUT2D eigenvalue weighted by atomic mass is 16.3. The fraction of sp³-hybridized carbons (Fsp3) is 0.235. The minimum atomic E-state index is -0.323. The lowest BCUT2D eigenvalue weighted by molar-refractivity contribution is 0.0954. The monoisotopic (exact) mass is 312 g/mol. The summed E-state index contributed by atoms with van der Waals surface area (Å²) in [6.45, 7) is 2.36. The second-order valence-corrected chi connectivity index (χ2v) is 5.43. The van der Waals surface area contributed by atoms with E-state index in [0.717, 1.165) is 5.56 Å². The predicted octanol–water partition coefficient (Wildman–Crippen LogP) is 2.00. The van der Waals surface area contributed by atoms with Crippen molar-refractivity contribution in [2.24, 2.45) is 5.10 Å². The molecule has 0 aliphatic heterocycles. The van der Waals surface area contributed by atoms with Gasteiger partial charge in [-0.15, -0.1) is 0 Å². The number of para-hydroxylation sites is 1. The van der Waals surface area contributed by atoms with Crippen LogP contribution in [0, 0.1) is 0 Å². The van der Waals surface area contributed by atoms with Gasteiger partial charge in [-0.05, 0) is 39.2 Å². The number of aromatic nitrogens is 1. The molecule has 0 spiro atoms. The number of amides is 1. The zero-order valence-corrected chi connectivity index (χ0v) is 13.4. The maximum Gasteiger partial charge on any atom is 0.271 e. The molecule has 2 rings (SSSR count). The molecule has 0 radical (unpaired) electrons. The fourth-order valence-electron chi connectivity index (χ4n) is 2.11. The summed E-state index contributed by atoms with van der Waals surface area (Å²) in [6, 6.07) is 8.70. The Morgan fingerprint density at radius 1 is 1.26 bits per heavy atom. The molecular weight excluding hydrogens is 292 g/mol. The van der Waals surface area contributed by atoms with E-state index in [-0.39, 0.29) is 11.7 Å². The Hall–Kier alpha value is -2.73. The van der Waals surface area contributed by atoms with Crippen molar-refractivity contribution in [3.05, 3.63) is 59.4 Å². The van der Waals surface area contributed by atoms with E-state index in [4.69, 9.17) is 0 Å². The molecule has 120 valence electrons. The Kier molecular flexibility index (Phi) is 5.43. The molecule has 0 atom stereocenters. The van der Waals surface area contributed by atoms with E-state index >= 15 is 0 Å². The van der Waals surface area contributed by atoms with E-state index in [1.165, 1.54) is 0 Å². The lowest BCUT2D eigenvalue weighted by Crippen LogP contribution is -2.19. The third-order valence-corrected chi connectivity index (χ3v) is 3.26. The molecule has 6 heteroatoms. The van der Waals surface area contributed by atoms with Crippen LogP contribution in [0.15, 0.2) is 47.8 Å². The van der Waals surface area contributed by atoms with Crippen LogP contribution in [0.1, 0.15) is 28.4 Å². The maximum absolute atomic E-state index is 12.0. The second kappa shape index (κ2) is 7.51. The fourth-order valence-corrected chi connectivity index (χ4v) is 2.11. The number of nitrogens with one attached hydrogen (secondary N) is 1. The maximum atomic E-state index is 12.0. The van der Waals surface area contributed by atoms with Gasteiger partial charge in [0.15, 0.2) is 0 Å². The number of phenols is 1. The third-order valence-electron chi connectivity index (χ3n) is 3.26. The number of carbonyl (C=O) groups excluding carboxylic acids is 1. The van der Waals surface area contributed by atoms with Gasteiger partial charge in [0, 0.05) is 35.6 Å². The second-order valence-electron chi connectivity index (χ2n) is 5.43. The minimum absolute atomic E-state index is 0.181. The molecule has 0 bridgehead atoms. The Morgan fingerprint density at radius 2 is 1.96 bits per heavy atom. The molecule has 0 saturated heterocycles. The van der Waals surface area contributed by atoms with E-state index in [0.29, 0.717) is 23.4 Å². The highest BCUT2D eigenvalue weighted by Crippen LogP contribution is 2.24. The van der Waals surface area contributed by atoms with Crippen molar-refractivity contribution in [2.75, 3.05) is 14.1 Å². The van der Waals surface area contributed by atoms with Crippen LogP contribution in [0.5, 0.6) is 5.75 Å². The zero-order chi connectivity index (χ0) is 16.8. The summed E-state index contributed by atoms with van der Waals surface area (Å²) in [4.78, 5) is 17.8. The summed E-state index contributed by atoms with van der Waals surface area (Å²) < 4.78 is 0. The molecule has 0 aliphatic carbocycles. The highest BCUT2D eigenvalue weighted by Gasteiger charge is 2.11. The van der Waals surface area contributed by atoms with Gasteiger partial charge < -0.3 is 10.0 Å². The van der Waals surface area contributed by atoms with Crippen molar-refractivity contribution < 1.29 is 9.90 Å². The Bertz CT molecular complexity index is 712. The van der Waals surface area contributed by atoms with Gasteiger partial charge in [0.25, 0.3) is 5.91 Å². The number of carbonyl (C=O) groups is 1. The van der Waals surface area contributed by atoms with Gasteiger partial charge in [0.05, 0.1) is 5.71 Å². The number of hydrogen-bond acceptors (Lipinski definition) is 5. The van der Waals surface area contributed by atoms with Gasteiger partial charge in [-0.1, -0.05) is 12.1 Å². The Morgan fingerprint density at radius 3 is 2.61 bits per heavy atom. The molecule has 1 aromatic carbocycles. The van der Waals surface area contributed by atoms with Crippen LogP contribution in [0.4, 0.5) is 0 Å². The summed E-state index contributed by atoms with van der Waals surface area (Å²) >= 11 is 0. The topological polar surface area (TPSA) is 77.8 Å². The van der Waals surface area contributed by atoms with Crippen LogP contribution in [0.2, 0.25) is 0 Å². The molecular formula is C17H20N4O2. The van der Waals surface area contributed by atoms with E-state index in [1.54, 1.807) is 37.5 Å². The lowest BCUT2D eigenvalue weighted by atomic mass is 10.1. The van der Waals surface area contributed by atoms with Crippen molar-refractivity contribution in [1.29, 1.82) is 0 Å². The standard InChI is InChI=1S/C17H20N4O2/c1-12(19-20-17(23)13-7-9-18-10-8-13)15-6-4-5-14(16(15)22)11-21(2)3/h4-10,22H,11H2,1-3H3,(H,20,23)/b19-12+. The summed E-state index contributed by atoms with van der Waals surface area (Å²) in [5.41, 5.74) is 4.90. The molecule has 6 nitrogen and oxygen atoms in total. The van der Waals surface area contributed by atoms with E-state index in [1.807, 2.05) is 31.1 Å². The van der Waals surface area contributed by atoms with Gasteiger partial charge in [-0.3, -0.25) is 9.78 Å². The van der Waals surface area contributed by atoms with Crippen molar-refractivity contribution in [3.63, 3.8) is 0 Å². The number of nitrogens with zero attached hydrogens (tertiary/aromatic N) is 3. The van der Waals surface area contributed by atoms with Crippen molar-refractivity contribution in [1.82, 2.24) is 15.3 Å². The molecule has 2 aromatic rings. The summed E-state index contributed by atoms with van der Waals surface area (Å²) in [6.07, 6.45) is 3.09. The molecule has 0 saturated carbocycles. The largest absolute Gasteiger partial charge is 0.507 e. The first kappa shape index (κ1) is 16.6. The van der Waals surface area contributed by atoms with Crippen molar-refractivity contribution in [2.45, 2.75) is 13.5 Å². The smallest absolute Gasteiger partial charge is 0.271 e. The van der Waals surface area contributed by atoms with Gasteiger partial charge in [0.2, 0.25) is 0 Å². The van der Waals surface area contributed by atoms with Gasteiger partial charge in [-0.2, -0.15) is 5.10 Å². The zero-order valence-electron chi connectivity index (χ0n) is 13.4. The first-order valence-corrected chi connectivity index (χ1v) is 7.19. The van der Waals surface area contributed by atoms with E-state index < -0.39 is 0 Å². The van der Waals surface area contributed by atoms with Gasteiger partial charge >= 0.3 is 0 Å². The van der Waals surface area contributed by atoms with Crippen LogP contribution < -0.4 is 5.43 Å². The van der Waals surface area contributed by atoms with Gasteiger partial charge in [0.1, 0.15) is 5.75 Å². The quantitative estimate of drug-likeness (QED) is 0.654. The normalized spacial score (nSPS) is 11.6. The van der Waals surface area contributed by atoms with Crippen LogP contribution in [0.3, 0.4) is 0 Å². The van der Waals surface area contributed by atoms with Crippen molar-refractivity contribution >= 4 is 11.6 Å². The molecule has 2 N–H and O–H groups in total. The number of hydrazone groups is 1. The number of hydrogen-bond donors (Lipinski definition) is 2. The molecule has 0 fully saturated rings. The number of phenolic OH excluding ortho intramolecular Hbond substituents is 1. The Balaban J connectivity index is 2.17. The van der Waals surface area contributed by atoms with Crippen LogP contribution in [0.25, 0.3) is 0 Å². The summed E-state index contributed by atoms with van der Waals surface area (Å²) in [7, 11) is 3.87. The first-order valence-electron chi connectivity index (χ1n) is 7.19. The first-order chi connectivity index (χ1) is 11.0. The molecule has 23 heavy (non-hydrogen) atoms. The highest BCUT2D eigenvalue weighted by molar-refractivity contribution is 6.02. The average Bonchev–Trinajstić information content (AvgIpc) is 2.54. The summed E-state index contributed by atoms with van der Waals surface area (Å²) in [5.74, 6) is -0.142. The molecule has 1 heterocycles. The van der Waals surface area contributed by atoms with Crippen molar-refractivity contribution in [3.8, 4) is 5.75 Å². The number of benzene rings is 1. The number of pyridine rings is 1. The molecule has 0 unspecified atom stereocenters. The molecule has 1 amide bonds. The van der Waals surface area contributed by atoms with Crippen LogP contribution >= 0.6 is 0 Å². The molecule has 0 aliphatic rings. The van der Waals surface area contributed by atoms with E-state index in [2.05, 4.69) is 15.5 Å². The number of rotatable bonds is 5. The average molecular weight is 312 g/mol. The van der Waals surface area contributed by atoms with Crippen LogP contribution in [-0.4, -0.2) is 40.7 Å². The number of aromatic hydroxyl groups is 1. The Labute approximate surface area is 135 Å². The minimum Gasteiger partial charge on any atom is -0.507 e. The molecule has 1 aromatic heterocycles. The lowest BCUT2D eigenvalue weighted by Gasteiger charge is -2.13. The van der Waals surface area contributed by atoms with Crippen LogP contribution in [-0.2, 0) is 6.54 Å².